The van der Waals surface area contributed by atoms with Crippen LogP contribution in [0.15, 0.2) is 60.7 Å². The van der Waals surface area contributed by atoms with Crippen molar-refractivity contribution in [3.8, 4) is 0 Å². The molecule has 2 fully saturated rings. The molecule has 0 aliphatic carbocycles. The number of nitrogens with one attached hydrogen (secondary N) is 1. The molecule has 3 atom stereocenters. The van der Waals surface area contributed by atoms with Gasteiger partial charge in [-0.25, -0.2) is 5.01 Å². The predicted octanol–water partition coefficient (Wildman–Crippen LogP) is 3.78. The molecular formula is C22H28N4. The van der Waals surface area contributed by atoms with Gasteiger partial charge in [-0.1, -0.05) is 61.4 Å². The molecule has 4 rings (SSSR count). The summed E-state index contributed by atoms with van der Waals surface area (Å²) < 4.78 is 0. The summed E-state index contributed by atoms with van der Waals surface area (Å²) in [5.74, 6) is 0. The fourth-order valence-corrected chi connectivity index (χ4v) is 4.34. The number of hydrazine groups is 1. The highest BCUT2D eigenvalue weighted by Gasteiger charge is 2.35. The minimum absolute atomic E-state index is 0.322. The van der Waals surface area contributed by atoms with Crippen molar-refractivity contribution in [1.82, 2.24) is 16.1 Å². The molecule has 4 heteroatoms. The summed E-state index contributed by atoms with van der Waals surface area (Å²) in [5, 5.41) is 8.38. The van der Waals surface area contributed by atoms with Crippen LogP contribution < -0.4 is 16.1 Å². The summed E-state index contributed by atoms with van der Waals surface area (Å²) >= 11 is 0. The smallest absolute Gasteiger partial charge is 0.0928 e. The van der Waals surface area contributed by atoms with Gasteiger partial charge in [-0.2, -0.15) is 0 Å². The zero-order chi connectivity index (χ0) is 17.8. The molecule has 2 radical (unpaired) electrons. The Morgan fingerprint density at radius 2 is 1.58 bits per heavy atom. The van der Waals surface area contributed by atoms with E-state index < -0.39 is 0 Å². The second kappa shape index (κ2) is 8.21. The number of hydrogen-bond donors (Lipinski definition) is 1. The second-order valence-corrected chi connectivity index (χ2v) is 7.46. The number of hydrogen-bond acceptors (Lipinski definition) is 3. The van der Waals surface area contributed by atoms with Gasteiger partial charge in [0.05, 0.1) is 17.9 Å². The quantitative estimate of drug-likeness (QED) is 0.914. The van der Waals surface area contributed by atoms with E-state index in [0.29, 0.717) is 12.1 Å². The average Bonchev–Trinajstić information content (AvgIpc) is 2.98. The lowest BCUT2D eigenvalue weighted by Crippen LogP contribution is -2.49. The van der Waals surface area contributed by atoms with Crippen LogP contribution >= 0.6 is 0 Å². The highest BCUT2D eigenvalue weighted by atomic mass is 15.7. The SMILES string of the molecule is [N]C1CCCCC(CN2C(c3ccccc3)CCN2c2ccccc2)N1. The molecule has 2 aromatic carbocycles. The molecule has 136 valence electrons. The van der Waals surface area contributed by atoms with E-state index >= 15 is 0 Å². The van der Waals surface area contributed by atoms with Crippen molar-refractivity contribution in [3.05, 3.63) is 66.2 Å². The van der Waals surface area contributed by atoms with Gasteiger partial charge in [-0.05, 0) is 37.0 Å². The van der Waals surface area contributed by atoms with Gasteiger partial charge in [0.25, 0.3) is 0 Å². The zero-order valence-electron chi connectivity index (χ0n) is 15.3. The number of nitrogens with zero attached hydrogens (tertiary/aromatic N) is 3. The van der Waals surface area contributed by atoms with Crippen LogP contribution in [0.5, 0.6) is 0 Å². The molecule has 0 saturated carbocycles. The first-order chi connectivity index (χ1) is 12.8. The summed E-state index contributed by atoms with van der Waals surface area (Å²) in [6, 6.07) is 22.2. The first kappa shape index (κ1) is 17.5. The molecule has 0 bridgehead atoms. The third kappa shape index (κ3) is 3.93. The normalized spacial score (nSPS) is 27.4. The van der Waals surface area contributed by atoms with Crippen molar-refractivity contribution in [2.75, 3.05) is 18.1 Å². The lowest BCUT2D eigenvalue weighted by Gasteiger charge is -2.37. The van der Waals surface area contributed by atoms with Crippen LogP contribution in [0.2, 0.25) is 0 Å². The third-order valence-electron chi connectivity index (χ3n) is 5.64. The predicted molar refractivity (Wildman–Crippen MR) is 106 cm³/mol. The number of para-hydroxylation sites is 1. The first-order valence-corrected chi connectivity index (χ1v) is 9.89. The van der Waals surface area contributed by atoms with Gasteiger partial charge in [0, 0.05) is 19.1 Å². The Bertz CT molecular complexity index is 628. The Morgan fingerprint density at radius 3 is 2.35 bits per heavy atom. The topological polar surface area (TPSA) is 40.8 Å². The molecule has 0 aromatic heterocycles. The Kier molecular flexibility index (Phi) is 5.54. The van der Waals surface area contributed by atoms with E-state index in [4.69, 9.17) is 0 Å². The van der Waals surface area contributed by atoms with Crippen molar-refractivity contribution in [1.29, 1.82) is 0 Å². The van der Waals surface area contributed by atoms with Gasteiger partial charge in [-0.3, -0.25) is 5.32 Å². The molecule has 3 unspecified atom stereocenters. The summed E-state index contributed by atoms with van der Waals surface area (Å²) in [7, 11) is 0. The standard InChI is InChI=1S/C22H28N4/c23-22-14-8-7-11-19(24-22)17-26-21(18-9-3-1-4-10-18)15-16-25(26)20-12-5-2-6-13-20/h1-6,9-10,12-13,19,21-22,24H,7-8,11,14-17H2. The average molecular weight is 348 g/mol. The molecule has 2 saturated heterocycles. The Morgan fingerprint density at radius 1 is 0.885 bits per heavy atom. The zero-order valence-corrected chi connectivity index (χ0v) is 15.3. The Labute approximate surface area is 157 Å². The van der Waals surface area contributed by atoms with E-state index in [0.717, 1.165) is 38.8 Å². The third-order valence-corrected chi connectivity index (χ3v) is 5.64. The molecule has 0 spiro atoms. The van der Waals surface area contributed by atoms with Crippen LogP contribution in [0, 0.1) is 0 Å². The van der Waals surface area contributed by atoms with Gasteiger partial charge in [0.2, 0.25) is 0 Å². The molecule has 2 aromatic rings. The lowest BCUT2D eigenvalue weighted by atomic mass is 10.0. The number of benzene rings is 2. The monoisotopic (exact) mass is 348 g/mol. The maximum atomic E-state index is 10.2. The first-order valence-electron chi connectivity index (χ1n) is 9.89. The van der Waals surface area contributed by atoms with Crippen LogP contribution in [-0.4, -0.2) is 30.3 Å². The fourth-order valence-electron chi connectivity index (χ4n) is 4.34. The lowest BCUT2D eigenvalue weighted by molar-refractivity contribution is 0.200. The summed E-state index contributed by atoms with van der Waals surface area (Å²) in [6.45, 7) is 1.95. The number of anilines is 1. The number of rotatable bonds is 4. The Hall–Kier alpha value is -1.88. The minimum atomic E-state index is -0.370. The van der Waals surface area contributed by atoms with E-state index in [1.807, 2.05) is 0 Å². The van der Waals surface area contributed by atoms with Gasteiger partial charge < -0.3 is 5.01 Å². The molecule has 2 heterocycles. The Balaban J connectivity index is 1.59. The van der Waals surface area contributed by atoms with E-state index in [1.165, 1.54) is 17.7 Å². The van der Waals surface area contributed by atoms with Crippen LogP contribution in [0.25, 0.3) is 0 Å². The molecule has 4 nitrogen and oxygen atoms in total. The van der Waals surface area contributed by atoms with Crippen molar-refractivity contribution < 1.29 is 0 Å². The molecular weight excluding hydrogens is 320 g/mol. The van der Waals surface area contributed by atoms with Gasteiger partial charge in [0.1, 0.15) is 0 Å². The fraction of sp³-hybridized carbons (Fsp3) is 0.455. The summed E-state index contributed by atoms with van der Waals surface area (Å²) in [5.41, 5.74) is 12.8. The van der Waals surface area contributed by atoms with Crippen molar-refractivity contribution >= 4 is 5.69 Å². The van der Waals surface area contributed by atoms with Gasteiger partial charge in [0.15, 0.2) is 0 Å². The van der Waals surface area contributed by atoms with Crippen LogP contribution in [0.1, 0.15) is 43.7 Å². The van der Waals surface area contributed by atoms with Crippen LogP contribution in [-0.2, 0) is 0 Å². The van der Waals surface area contributed by atoms with Crippen molar-refractivity contribution in [2.45, 2.75) is 50.4 Å². The molecule has 2 aliphatic heterocycles. The van der Waals surface area contributed by atoms with Crippen LogP contribution in [0.4, 0.5) is 5.69 Å². The van der Waals surface area contributed by atoms with Gasteiger partial charge in [-0.15, -0.1) is 5.73 Å². The van der Waals surface area contributed by atoms with E-state index in [-0.39, 0.29) is 6.17 Å². The largest absolute Gasteiger partial charge is 0.305 e. The summed E-state index contributed by atoms with van der Waals surface area (Å²) in [6.07, 6.45) is 5.02. The molecule has 1 N–H and O–H groups in total. The minimum Gasteiger partial charge on any atom is -0.305 e. The van der Waals surface area contributed by atoms with E-state index in [9.17, 15) is 5.73 Å². The molecule has 0 amide bonds. The molecule has 2 aliphatic rings. The maximum Gasteiger partial charge on any atom is 0.0928 e. The highest BCUT2D eigenvalue weighted by molar-refractivity contribution is 5.46. The maximum absolute atomic E-state index is 10.2. The van der Waals surface area contributed by atoms with Gasteiger partial charge >= 0.3 is 0 Å². The van der Waals surface area contributed by atoms with Crippen molar-refractivity contribution in [3.63, 3.8) is 0 Å². The van der Waals surface area contributed by atoms with E-state index in [1.54, 1.807) is 0 Å². The highest BCUT2D eigenvalue weighted by Crippen LogP contribution is 2.35. The van der Waals surface area contributed by atoms with Crippen LogP contribution in [0.3, 0.4) is 0 Å². The van der Waals surface area contributed by atoms with Crippen molar-refractivity contribution in [2.24, 2.45) is 0 Å². The summed E-state index contributed by atoms with van der Waals surface area (Å²) in [4.78, 5) is 0. The van der Waals surface area contributed by atoms with E-state index in [2.05, 4.69) is 76.0 Å². The molecule has 26 heavy (non-hydrogen) atoms. The second-order valence-electron chi connectivity index (χ2n) is 7.46.